The van der Waals surface area contributed by atoms with Crippen molar-refractivity contribution in [1.29, 1.82) is 0 Å². The molecule has 5 heteroatoms. The summed E-state index contributed by atoms with van der Waals surface area (Å²) in [5.74, 6) is 1.36. The van der Waals surface area contributed by atoms with Gasteiger partial charge in [0.1, 0.15) is 12.4 Å². The van der Waals surface area contributed by atoms with Crippen LogP contribution < -0.4 is 4.74 Å². The first kappa shape index (κ1) is 16.0. The lowest BCUT2D eigenvalue weighted by Gasteiger charge is -2.15. The quantitative estimate of drug-likeness (QED) is 0.466. The maximum absolute atomic E-state index is 5.78. The molecule has 1 aromatic carbocycles. The lowest BCUT2D eigenvalue weighted by atomic mass is 10.0. The lowest BCUT2D eigenvalue weighted by molar-refractivity contribution is 0.321. The van der Waals surface area contributed by atoms with Crippen molar-refractivity contribution in [2.45, 2.75) is 24.6 Å². The molecule has 0 aliphatic rings. The molecule has 1 unspecified atom stereocenters. The molecule has 17 heavy (non-hydrogen) atoms. The Labute approximate surface area is 136 Å². The third kappa shape index (κ3) is 4.84. The van der Waals surface area contributed by atoms with Crippen LogP contribution in [0.25, 0.3) is 0 Å². The van der Waals surface area contributed by atoms with Gasteiger partial charge in [0.05, 0.1) is 13.8 Å². The van der Waals surface area contributed by atoms with Crippen molar-refractivity contribution in [3.8, 4) is 5.75 Å². The molecule has 0 aliphatic heterocycles. The fourth-order valence-corrected chi connectivity index (χ4v) is 3.04. The van der Waals surface area contributed by atoms with Crippen LogP contribution in [0.4, 0.5) is 0 Å². The minimum atomic E-state index is 0.311. The van der Waals surface area contributed by atoms with Crippen LogP contribution in [0.3, 0.4) is 0 Å². The first-order valence-electron chi connectivity index (χ1n) is 5.27. The Bertz CT molecular complexity index is 356. The highest BCUT2D eigenvalue weighted by Crippen LogP contribution is 2.36. The summed E-state index contributed by atoms with van der Waals surface area (Å²) in [7, 11) is 0. The summed E-state index contributed by atoms with van der Waals surface area (Å²) in [6, 6.07) is 4.23. The van der Waals surface area contributed by atoms with Gasteiger partial charge < -0.3 is 4.74 Å². The molecule has 1 atom stereocenters. The van der Waals surface area contributed by atoms with Crippen LogP contribution in [0.5, 0.6) is 5.75 Å². The third-order valence-electron chi connectivity index (χ3n) is 2.26. The molecule has 0 radical (unpaired) electrons. The normalized spacial score (nSPS) is 12.9. The van der Waals surface area contributed by atoms with E-state index in [2.05, 4.69) is 89.7 Å². The van der Waals surface area contributed by atoms with E-state index in [1.165, 1.54) is 5.56 Å². The summed E-state index contributed by atoms with van der Waals surface area (Å²) >= 11 is 14.0. The maximum Gasteiger partial charge on any atom is 0.147 e. The molecule has 1 rings (SSSR count). The van der Waals surface area contributed by atoms with E-state index in [-0.39, 0.29) is 0 Å². The first-order chi connectivity index (χ1) is 7.95. The fourth-order valence-electron chi connectivity index (χ4n) is 1.27. The second-order valence-electron chi connectivity index (χ2n) is 4.03. The molecule has 0 N–H and O–H groups in total. The van der Waals surface area contributed by atoms with Gasteiger partial charge >= 0.3 is 0 Å². The summed E-state index contributed by atoms with van der Waals surface area (Å²) in [5, 5.41) is 0.867. The number of hydrogen-bond acceptors (Lipinski definition) is 1. The van der Waals surface area contributed by atoms with E-state index in [0.29, 0.717) is 17.4 Å². The Hall–Kier alpha value is 0.940. The highest BCUT2D eigenvalue weighted by Gasteiger charge is 2.12. The van der Waals surface area contributed by atoms with Crippen LogP contribution in [-0.2, 0) is 0 Å². The molecule has 0 saturated heterocycles. The lowest BCUT2D eigenvalue weighted by Crippen LogP contribution is -2.12. The predicted octanol–water partition coefficient (Wildman–Crippen LogP) is 5.87. The Morgan fingerprint density at radius 1 is 1.18 bits per heavy atom. The number of hydrogen-bond donors (Lipinski definition) is 0. The zero-order valence-corrected chi connectivity index (χ0v) is 16.0. The van der Waals surface area contributed by atoms with E-state index < -0.39 is 0 Å². The highest BCUT2D eigenvalue weighted by molar-refractivity contribution is 9.12. The van der Waals surface area contributed by atoms with Gasteiger partial charge in [-0.2, -0.15) is 0 Å². The Morgan fingerprint density at radius 2 is 1.71 bits per heavy atom. The topological polar surface area (TPSA) is 9.23 Å². The standard InChI is InChI=1S/C12H14Br4O/c1-7(2)8-3-10(15)12(11(16)4-8)17-6-9(14)5-13/h3-4,7,9H,5-6H2,1-2H3. The van der Waals surface area contributed by atoms with Gasteiger partial charge in [-0.3, -0.25) is 0 Å². The largest absolute Gasteiger partial charge is 0.490 e. The van der Waals surface area contributed by atoms with Gasteiger partial charge in [-0.1, -0.05) is 45.7 Å². The fraction of sp³-hybridized carbons (Fsp3) is 0.500. The molecule has 0 fully saturated rings. The Morgan fingerprint density at radius 3 is 2.12 bits per heavy atom. The molecular formula is C12H14Br4O. The van der Waals surface area contributed by atoms with Crippen LogP contribution in [0.15, 0.2) is 21.1 Å². The molecule has 0 bridgehead atoms. The Balaban J connectivity index is 2.86. The van der Waals surface area contributed by atoms with Crippen LogP contribution in [0.2, 0.25) is 0 Å². The molecule has 1 aromatic rings. The van der Waals surface area contributed by atoms with E-state index in [0.717, 1.165) is 20.0 Å². The highest BCUT2D eigenvalue weighted by atomic mass is 79.9. The van der Waals surface area contributed by atoms with Gasteiger partial charge in [-0.15, -0.1) is 0 Å². The summed E-state index contributed by atoms with van der Waals surface area (Å²) in [5.41, 5.74) is 1.28. The van der Waals surface area contributed by atoms with Gasteiger partial charge in [0.25, 0.3) is 0 Å². The van der Waals surface area contributed by atoms with E-state index in [1.807, 2.05) is 0 Å². The van der Waals surface area contributed by atoms with Crippen LogP contribution >= 0.6 is 63.7 Å². The van der Waals surface area contributed by atoms with E-state index in [1.54, 1.807) is 0 Å². The van der Waals surface area contributed by atoms with E-state index in [4.69, 9.17) is 4.74 Å². The molecule has 0 amide bonds. The van der Waals surface area contributed by atoms with Crippen LogP contribution in [0.1, 0.15) is 25.3 Å². The smallest absolute Gasteiger partial charge is 0.147 e. The molecule has 0 heterocycles. The average molecular weight is 494 g/mol. The monoisotopic (exact) mass is 490 g/mol. The zero-order chi connectivity index (χ0) is 13.0. The predicted molar refractivity (Wildman–Crippen MR) is 87.9 cm³/mol. The van der Waals surface area contributed by atoms with Crippen molar-refractivity contribution in [3.05, 3.63) is 26.6 Å². The minimum Gasteiger partial charge on any atom is -0.490 e. The van der Waals surface area contributed by atoms with E-state index in [9.17, 15) is 0 Å². The van der Waals surface area contributed by atoms with Crippen molar-refractivity contribution in [2.24, 2.45) is 0 Å². The minimum absolute atomic E-state index is 0.311. The molecular weight excluding hydrogens is 480 g/mol. The number of ether oxygens (including phenoxy) is 1. The average Bonchev–Trinajstić information content (AvgIpc) is 2.27. The summed E-state index contributed by atoms with van der Waals surface area (Å²) in [4.78, 5) is 0.311. The number of halogens is 4. The summed E-state index contributed by atoms with van der Waals surface area (Å²) in [6.07, 6.45) is 0. The van der Waals surface area contributed by atoms with Gasteiger partial charge in [-0.25, -0.2) is 0 Å². The van der Waals surface area contributed by atoms with Crippen molar-refractivity contribution >= 4 is 63.7 Å². The third-order valence-corrected chi connectivity index (χ3v) is 5.68. The SMILES string of the molecule is CC(C)c1cc(Br)c(OCC(Br)CBr)c(Br)c1. The summed E-state index contributed by atoms with van der Waals surface area (Å²) < 4.78 is 7.77. The second-order valence-corrected chi connectivity index (χ2v) is 7.68. The van der Waals surface area contributed by atoms with Crippen molar-refractivity contribution in [1.82, 2.24) is 0 Å². The van der Waals surface area contributed by atoms with Gasteiger partial charge in [0, 0.05) is 5.33 Å². The van der Waals surface area contributed by atoms with Crippen LogP contribution in [-0.4, -0.2) is 16.8 Å². The van der Waals surface area contributed by atoms with Gasteiger partial charge in [0.2, 0.25) is 0 Å². The first-order valence-corrected chi connectivity index (χ1v) is 8.89. The second kappa shape index (κ2) is 7.51. The number of benzene rings is 1. The molecule has 1 nitrogen and oxygen atoms in total. The van der Waals surface area contributed by atoms with Crippen LogP contribution in [0, 0.1) is 0 Å². The van der Waals surface area contributed by atoms with Crippen molar-refractivity contribution < 1.29 is 4.74 Å². The number of rotatable bonds is 5. The number of alkyl halides is 2. The van der Waals surface area contributed by atoms with Gasteiger partial charge in [0.15, 0.2) is 0 Å². The zero-order valence-electron chi connectivity index (χ0n) is 9.64. The summed E-state index contributed by atoms with van der Waals surface area (Å²) in [6.45, 7) is 4.98. The molecule has 96 valence electrons. The van der Waals surface area contributed by atoms with Crippen molar-refractivity contribution in [2.75, 3.05) is 11.9 Å². The van der Waals surface area contributed by atoms with E-state index >= 15 is 0 Å². The van der Waals surface area contributed by atoms with Gasteiger partial charge in [-0.05, 0) is 55.5 Å². The van der Waals surface area contributed by atoms with Crippen molar-refractivity contribution in [3.63, 3.8) is 0 Å². The maximum atomic E-state index is 5.78. The molecule has 0 aliphatic carbocycles. The molecule has 0 spiro atoms. The molecule has 0 aromatic heterocycles. The Kier molecular flexibility index (Phi) is 7.07. The molecule has 0 saturated carbocycles.